The molecule has 0 saturated heterocycles. The summed E-state index contributed by atoms with van der Waals surface area (Å²) in [4.78, 5) is 15.5. The van der Waals surface area contributed by atoms with Gasteiger partial charge in [0, 0.05) is 42.7 Å². The van der Waals surface area contributed by atoms with Gasteiger partial charge in [0.2, 0.25) is 0 Å². The van der Waals surface area contributed by atoms with Crippen molar-refractivity contribution in [3.63, 3.8) is 0 Å². The second-order valence-corrected chi connectivity index (χ2v) is 16.2. The first kappa shape index (κ1) is 31.7. The largest absolute Gasteiger partial charge is 0.293 e. The van der Waals surface area contributed by atoms with Crippen molar-refractivity contribution in [2.75, 3.05) is 0 Å². The molecule has 0 bridgehead atoms. The first-order chi connectivity index (χ1) is 28.7. The van der Waals surface area contributed by atoms with Crippen LogP contribution in [0.1, 0.15) is 0 Å². The third-order valence-electron chi connectivity index (χ3n) is 12.0. The molecular weight excluding hydrogens is 725 g/mol. The van der Waals surface area contributed by atoms with Gasteiger partial charge in [-0.1, -0.05) is 121 Å². The van der Waals surface area contributed by atoms with Crippen LogP contribution in [0.25, 0.3) is 124 Å². The van der Waals surface area contributed by atoms with Crippen molar-refractivity contribution in [1.82, 2.24) is 19.5 Å². The fourth-order valence-electron chi connectivity index (χ4n) is 9.36. The van der Waals surface area contributed by atoms with Gasteiger partial charge in [-0.25, -0.2) is 15.0 Å². The molecule has 0 atom stereocenters. The molecule has 0 fully saturated rings. The van der Waals surface area contributed by atoms with Crippen molar-refractivity contribution >= 4 is 107 Å². The third-order valence-corrected chi connectivity index (χ3v) is 13.2. The van der Waals surface area contributed by atoms with E-state index in [0.717, 1.165) is 27.8 Å². The number of fused-ring (bicyclic) bond motifs is 14. The van der Waals surface area contributed by atoms with Crippen LogP contribution in [-0.2, 0) is 0 Å². The van der Waals surface area contributed by atoms with Gasteiger partial charge in [-0.05, 0) is 109 Å². The fourth-order valence-corrected chi connectivity index (χ4v) is 10.6. The molecule has 9 aromatic carbocycles. The number of pyridine rings is 1. The Balaban J connectivity index is 1.08. The summed E-state index contributed by atoms with van der Waals surface area (Å²) in [5.41, 5.74) is 6.22. The molecule has 0 aliphatic rings. The maximum Gasteiger partial charge on any atom is 0.165 e. The van der Waals surface area contributed by atoms with Crippen molar-refractivity contribution in [2.45, 2.75) is 0 Å². The molecule has 0 aliphatic carbocycles. The number of aromatic nitrogens is 4. The quantitative estimate of drug-likeness (QED) is 0.169. The SMILES string of the molecule is c1ccc2cc3c(cc2c1)c1cc(-c2ccc4c5ccccc5c5ccccc5c4c2)ccc1n3-c1nc(-c2cccc3c2sc2ccccc23)nc2ncccc12. The molecule has 4 heterocycles. The molecule has 0 N–H and O–H groups in total. The second kappa shape index (κ2) is 12.0. The highest BCUT2D eigenvalue weighted by Gasteiger charge is 2.21. The van der Waals surface area contributed by atoms with Crippen molar-refractivity contribution in [3.05, 3.63) is 182 Å². The first-order valence-electron chi connectivity index (χ1n) is 19.6. The van der Waals surface area contributed by atoms with Gasteiger partial charge in [0.1, 0.15) is 0 Å². The molecule has 0 unspecified atom stereocenters. The Morgan fingerprint density at radius 1 is 0.397 bits per heavy atom. The second-order valence-electron chi connectivity index (χ2n) is 15.2. The van der Waals surface area contributed by atoms with Gasteiger partial charge in [0.05, 0.1) is 16.4 Å². The zero-order valence-corrected chi connectivity index (χ0v) is 31.8. The van der Waals surface area contributed by atoms with Gasteiger partial charge < -0.3 is 0 Å². The van der Waals surface area contributed by atoms with Crippen molar-refractivity contribution in [3.8, 4) is 28.3 Å². The van der Waals surface area contributed by atoms with Crippen LogP contribution in [0.15, 0.2) is 182 Å². The number of hydrogen-bond donors (Lipinski definition) is 0. The molecule has 0 amide bonds. The Morgan fingerprint density at radius 3 is 1.79 bits per heavy atom. The van der Waals surface area contributed by atoms with Gasteiger partial charge in [0.25, 0.3) is 0 Å². The third kappa shape index (κ3) is 4.53. The lowest BCUT2D eigenvalue weighted by Gasteiger charge is -2.13. The van der Waals surface area contributed by atoms with Crippen molar-refractivity contribution in [2.24, 2.45) is 0 Å². The summed E-state index contributed by atoms with van der Waals surface area (Å²) in [6, 6.07) is 63.9. The summed E-state index contributed by atoms with van der Waals surface area (Å²) in [6.45, 7) is 0. The maximum absolute atomic E-state index is 5.50. The lowest BCUT2D eigenvalue weighted by Crippen LogP contribution is -2.03. The molecule has 58 heavy (non-hydrogen) atoms. The minimum atomic E-state index is 0.668. The van der Waals surface area contributed by atoms with E-state index < -0.39 is 0 Å². The molecule has 13 rings (SSSR count). The van der Waals surface area contributed by atoms with Gasteiger partial charge in [-0.2, -0.15) is 0 Å². The normalized spacial score (nSPS) is 12.1. The topological polar surface area (TPSA) is 43.6 Å². The number of thiophene rings is 1. The molecule has 13 aromatic rings. The molecule has 4 nitrogen and oxygen atoms in total. The molecule has 268 valence electrons. The van der Waals surface area contributed by atoms with Gasteiger partial charge in [0.15, 0.2) is 17.3 Å². The molecule has 4 aromatic heterocycles. The summed E-state index contributed by atoms with van der Waals surface area (Å²) < 4.78 is 4.77. The lowest BCUT2D eigenvalue weighted by atomic mass is 9.92. The predicted octanol–water partition coefficient (Wildman–Crippen LogP) is 14.4. The smallest absolute Gasteiger partial charge is 0.165 e. The number of rotatable bonds is 3. The van der Waals surface area contributed by atoms with E-state index in [1.807, 2.05) is 12.3 Å². The summed E-state index contributed by atoms with van der Waals surface area (Å²) in [7, 11) is 0. The molecule has 0 saturated carbocycles. The predicted molar refractivity (Wildman–Crippen MR) is 245 cm³/mol. The molecule has 0 radical (unpaired) electrons. The molecule has 0 spiro atoms. The van der Waals surface area contributed by atoms with Crippen LogP contribution >= 0.6 is 11.3 Å². The highest BCUT2D eigenvalue weighted by atomic mass is 32.1. The summed E-state index contributed by atoms with van der Waals surface area (Å²) >= 11 is 1.79. The van der Waals surface area contributed by atoms with Crippen LogP contribution in [0, 0.1) is 0 Å². The Bertz CT molecular complexity index is 3840. The Labute approximate surface area is 335 Å². The van der Waals surface area contributed by atoms with E-state index in [-0.39, 0.29) is 0 Å². The summed E-state index contributed by atoms with van der Waals surface area (Å²) in [5.74, 6) is 1.49. The standard InChI is InChI=1S/C53H30N4S/c1-2-12-32-30-48-46(28-31(32)11-1)45-29-34(33-22-24-39-37-15-4-3-13-35(37)36-14-5-6-16-38(36)44(39)27-33)23-25-47(45)57(48)53-43-20-10-26-54-51(43)55-52(56-53)42-19-9-18-41-40-17-7-8-21-49(40)58-50(41)42/h1-30H. The van der Waals surface area contributed by atoms with Gasteiger partial charge in [-0.15, -0.1) is 11.3 Å². The Kier molecular flexibility index (Phi) is 6.57. The Hall–Kier alpha value is -7.47. The van der Waals surface area contributed by atoms with E-state index in [9.17, 15) is 0 Å². The van der Waals surface area contributed by atoms with E-state index in [4.69, 9.17) is 15.0 Å². The lowest BCUT2D eigenvalue weighted by molar-refractivity contribution is 1.07. The van der Waals surface area contributed by atoms with E-state index in [0.29, 0.717) is 11.5 Å². The minimum absolute atomic E-state index is 0.668. The minimum Gasteiger partial charge on any atom is -0.293 e. The van der Waals surface area contributed by atoms with Crippen LogP contribution in [0.3, 0.4) is 0 Å². The van der Waals surface area contributed by atoms with E-state index in [1.54, 1.807) is 11.3 Å². The maximum atomic E-state index is 5.50. The molecular formula is C53H30N4S. The van der Waals surface area contributed by atoms with Crippen molar-refractivity contribution in [1.29, 1.82) is 0 Å². The summed E-state index contributed by atoms with van der Waals surface area (Å²) in [5, 5.41) is 15.8. The molecule has 5 heteroatoms. The number of benzene rings is 9. The van der Waals surface area contributed by atoms with Crippen LogP contribution in [0.4, 0.5) is 0 Å². The van der Waals surface area contributed by atoms with E-state index in [1.165, 1.54) is 85.2 Å². The zero-order valence-electron chi connectivity index (χ0n) is 31.0. The highest BCUT2D eigenvalue weighted by molar-refractivity contribution is 7.26. The van der Waals surface area contributed by atoms with Gasteiger partial charge in [-0.3, -0.25) is 4.57 Å². The Morgan fingerprint density at radius 2 is 1.00 bits per heavy atom. The average Bonchev–Trinajstić information content (AvgIpc) is 3.83. The van der Waals surface area contributed by atoms with Crippen LogP contribution in [0.2, 0.25) is 0 Å². The van der Waals surface area contributed by atoms with E-state index >= 15 is 0 Å². The van der Waals surface area contributed by atoms with Crippen LogP contribution in [0.5, 0.6) is 0 Å². The summed E-state index contributed by atoms with van der Waals surface area (Å²) in [6.07, 6.45) is 1.82. The number of hydrogen-bond acceptors (Lipinski definition) is 4. The number of nitrogens with zero attached hydrogens (tertiary/aromatic N) is 4. The first-order valence-corrected chi connectivity index (χ1v) is 20.4. The van der Waals surface area contributed by atoms with E-state index in [2.05, 4.69) is 174 Å². The van der Waals surface area contributed by atoms with Crippen LogP contribution in [-0.4, -0.2) is 19.5 Å². The average molecular weight is 755 g/mol. The van der Waals surface area contributed by atoms with Crippen molar-refractivity contribution < 1.29 is 0 Å². The van der Waals surface area contributed by atoms with Crippen LogP contribution < -0.4 is 0 Å². The van der Waals surface area contributed by atoms with Gasteiger partial charge >= 0.3 is 0 Å². The zero-order chi connectivity index (χ0) is 37.9. The monoisotopic (exact) mass is 754 g/mol. The molecule has 0 aliphatic heterocycles. The highest BCUT2D eigenvalue weighted by Crippen LogP contribution is 2.43. The fraction of sp³-hybridized carbons (Fsp3) is 0.